The molecule has 2 fully saturated rings. The fraction of sp³-hybridized carbons (Fsp3) is 0.857. The molecule has 22 heavy (non-hydrogen) atoms. The summed E-state index contributed by atoms with van der Waals surface area (Å²) in [5, 5.41) is 15.0. The molecule has 0 saturated carbocycles. The SMILES string of the molecule is CCCCn1nnnc1CN1CCC[C@H](N2CCNC2=O)C1. The number of hydrogen-bond acceptors (Lipinski definition) is 5. The number of unbranched alkanes of at least 4 members (excludes halogenated alkanes) is 1. The zero-order chi connectivity index (χ0) is 15.4. The Bertz CT molecular complexity index is 503. The van der Waals surface area contributed by atoms with E-state index in [0.29, 0.717) is 6.04 Å². The molecule has 1 atom stereocenters. The number of aryl methyl sites for hydroxylation is 1. The number of urea groups is 1. The molecule has 0 bridgehead atoms. The summed E-state index contributed by atoms with van der Waals surface area (Å²) in [5.41, 5.74) is 0. The standard InChI is InChI=1S/C14H25N7O/c1-2-3-8-21-13(16-17-18-21)11-19-7-4-5-12(10-19)20-9-6-15-14(20)22/h12H,2-11H2,1H3,(H,15,22)/t12-/m0/s1. The Hall–Kier alpha value is -1.70. The summed E-state index contributed by atoms with van der Waals surface area (Å²) in [5.74, 6) is 0.931. The maximum Gasteiger partial charge on any atom is 0.317 e. The molecular weight excluding hydrogens is 282 g/mol. The minimum absolute atomic E-state index is 0.0830. The molecule has 0 aromatic carbocycles. The van der Waals surface area contributed by atoms with Crippen molar-refractivity contribution in [2.24, 2.45) is 0 Å². The fourth-order valence-electron chi connectivity index (χ4n) is 3.28. The molecule has 2 amide bonds. The van der Waals surface area contributed by atoms with E-state index >= 15 is 0 Å². The van der Waals surface area contributed by atoms with Crippen molar-refractivity contribution in [3.05, 3.63) is 5.82 Å². The van der Waals surface area contributed by atoms with Crippen LogP contribution in [0.15, 0.2) is 0 Å². The highest BCUT2D eigenvalue weighted by Gasteiger charge is 2.31. The predicted octanol–water partition coefficient (Wildman–Crippen LogP) is 0.463. The third-order valence-corrected chi connectivity index (χ3v) is 4.51. The van der Waals surface area contributed by atoms with Gasteiger partial charge in [-0.1, -0.05) is 13.3 Å². The van der Waals surface area contributed by atoms with E-state index in [-0.39, 0.29) is 6.03 Å². The normalized spacial score (nSPS) is 23.0. The first-order valence-electron chi connectivity index (χ1n) is 8.29. The van der Waals surface area contributed by atoms with Crippen LogP contribution in [-0.2, 0) is 13.1 Å². The van der Waals surface area contributed by atoms with Crippen LogP contribution in [0.5, 0.6) is 0 Å². The summed E-state index contributed by atoms with van der Waals surface area (Å²) in [7, 11) is 0. The van der Waals surface area contributed by atoms with Crippen molar-refractivity contribution in [1.82, 2.24) is 35.3 Å². The van der Waals surface area contributed by atoms with Crippen LogP contribution in [0.3, 0.4) is 0 Å². The van der Waals surface area contributed by atoms with Crippen molar-refractivity contribution in [1.29, 1.82) is 0 Å². The second kappa shape index (κ2) is 7.04. The van der Waals surface area contributed by atoms with Crippen molar-refractivity contribution in [3.63, 3.8) is 0 Å². The van der Waals surface area contributed by atoms with Crippen LogP contribution in [0.2, 0.25) is 0 Å². The largest absolute Gasteiger partial charge is 0.336 e. The van der Waals surface area contributed by atoms with E-state index in [4.69, 9.17) is 0 Å². The zero-order valence-corrected chi connectivity index (χ0v) is 13.2. The monoisotopic (exact) mass is 307 g/mol. The van der Waals surface area contributed by atoms with Crippen LogP contribution in [0.25, 0.3) is 0 Å². The van der Waals surface area contributed by atoms with Gasteiger partial charge in [0, 0.05) is 32.2 Å². The van der Waals surface area contributed by atoms with Gasteiger partial charge in [-0.15, -0.1) is 5.10 Å². The Morgan fingerprint density at radius 2 is 2.27 bits per heavy atom. The summed E-state index contributed by atoms with van der Waals surface area (Å²) in [6, 6.07) is 0.399. The predicted molar refractivity (Wildman–Crippen MR) is 81.1 cm³/mol. The summed E-state index contributed by atoms with van der Waals surface area (Å²) >= 11 is 0. The molecule has 0 spiro atoms. The number of tetrazole rings is 1. The van der Waals surface area contributed by atoms with Crippen LogP contribution in [0, 0.1) is 0 Å². The zero-order valence-electron chi connectivity index (χ0n) is 13.2. The molecule has 122 valence electrons. The molecule has 0 radical (unpaired) electrons. The first-order chi connectivity index (χ1) is 10.8. The highest BCUT2D eigenvalue weighted by atomic mass is 16.2. The summed E-state index contributed by atoms with van der Waals surface area (Å²) in [6.45, 7) is 7.37. The number of carbonyl (C=O) groups excluding carboxylic acids is 1. The van der Waals surface area contributed by atoms with Crippen LogP contribution in [0.1, 0.15) is 38.4 Å². The second-order valence-electron chi connectivity index (χ2n) is 6.13. The van der Waals surface area contributed by atoms with Crippen molar-refractivity contribution < 1.29 is 4.79 Å². The van der Waals surface area contributed by atoms with Gasteiger partial charge in [-0.05, 0) is 36.2 Å². The molecule has 0 aliphatic carbocycles. The number of rotatable bonds is 6. The van der Waals surface area contributed by atoms with Crippen LogP contribution < -0.4 is 5.32 Å². The molecule has 8 nitrogen and oxygen atoms in total. The number of likely N-dealkylation sites (tertiary alicyclic amines) is 1. The van der Waals surface area contributed by atoms with E-state index in [1.807, 2.05) is 9.58 Å². The molecule has 1 aromatic heterocycles. The highest BCUT2D eigenvalue weighted by molar-refractivity contribution is 5.76. The van der Waals surface area contributed by atoms with Crippen LogP contribution in [-0.4, -0.2) is 68.3 Å². The van der Waals surface area contributed by atoms with E-state index in [0.717, 1.165) is 70.8 Å². The molecule has 2 aliphatic heterocycles. The van der Waals surface area contributed by atoms with Gasteiger partial charge in [-0.3, -0.25) is 4.90 Å². The second-order valence-corrected chi connectivity index (χ2v) is 6.13. The minimum atomic E-state index is 0.0830. The lowest BCUT2D eigenvalue weighted by Crippen LogP contribution is -2.48. The van der Waals surface area contributed by atoms with Gasteiger partial charge in [-0.2, -0.15) is 0 Å². The molecule has 3 rings (SSSR count). The Labute approximate surface area is 130 Å². The fourth-order valence-corrected chi connectivity index (χ4v) is 3.28. The van der Waals surface area contributed by atoms with Crippen LogP contribution in [0.4, 0.5) is 4.79 Å². The molecule has 1 N–H and O–H groups in total. The Balaban J connectivity index is 1.58. The molecule has 2 aliphatic rings. The Morgan fingerprint density at radius 1 is 1.36 bits per heavy atom. The molecule has 0 unspecified atom stereocenters. The molecule has 2 saturated heterocycles. The lowest BCUT2D eigenvalue weighted by molar-refractivity contribution is 0.119. The molecule has 8 heteroatoms. The summed E-state index contributed by atoms with van der Waals surface area (Å²) in [4.78, 5) is 16.2. The third kappa shape index (κ3) is 3.37. The average Bonchev–Trinajstić information content (AvgIpc) is 3.14. The van der Waals surface area contributed by atoms with E-state index in [9.17, 15) is 4.79 Å². The summed E-state index contributed by atoms with van der Waals surface area (Å²) < 4.78 is 1.91. The van der Waals surface area contributed by atoms with Crippen molar-refractivity contribution in [2.45, 2.75) is 51.7 Å². The number of piperidine rings is 1. The number of carbonyl (C=O) groups is 1. The lowest BCUT2D eigenvalue weighted by atomic mass is 10.0. The topological polar surface area (TPSA) is 79.2 Å². The van der Waals surface area contributed by atoms with Gasteiger partial charge in [0.05, 0.1) is 6.54 Å². The van der Waals surface area contributed by atoms with Gasteiger partial charge in [0.1, 0.15) is 0 Å². The Morgan fingerprint density at radius 3 is 3.05 bits per heavy atom. The van der Waals surface area contributed by atoms with Crippen LogP contribution >= 0.6 is 0 Å². The first kappa shape index (κ1) is 15.2. The molecule has 1 aromatic rings. The van der Waals surface area contributed by atoms with Gasteiger partial charge >= 0.3 is 6.03 Å². The van der Waals surface area contributed by atoms with E-state index in [1.54, 1.807) is 0 Å². The maximum atomic E-state index is 11.8. The van der Waals surface area contributed by atoms with Gasteiger partial charge in [0.2, 0.25) is 0 Å². The lowest BCUT2D eigenvalue weighted by Gasteiger charge is -2.36. The number of aromatic nitrogens is 4. The van der Waals surface area contributed by atoms with Gasteiger partial charge in [0.15, 0.2) is 5.82 Å². The van der Waals surface area contributed by atoms with Crippen molar-refractivity contribution in [2.75, 3.05) is 26.2 Å². The number of amides is 2. The molecule has 3 heterocycles. The van der Waals surface area contributed by atoms with Gasteiger partial charge in [0.25, 0.3) is 0 Å². The third-order valence-electron chi connectivity index (χ3n) is 4.51. The maximum absolute atomic E-state index is 11.8. The first-order valence-corrected chi connectivity index (χ1v) is 8.29. The van der Waals surface area contributed by atoms with Crippen molar-refractivity contribution in [3.8, 4) is 0 Å². The van der Waals surface area contributed by atoms with Crippen molar-refractivity contribution >= 4 is 6.03 Å². The molecular formula is C14H25N7O. The minimum Gasteiger partial charge on any atom is -0.336 e. The van der Waals surface area contributed by atoms with E-state index < -0.39 is 0 Å². The Kier molecular flexibility index (Phi) is 4.87. The average molecular weight is 307 g/mol. The van der Waals surface area contributed by atoms with Gasteiger partial charge < -0.3 is 10.2 Å². The van der Waals surface area contributed by atoms with E-state index in [2.05, 4.69) is 32.7 Å². The number of hydrogen-bond donors (Lipinski definition) is 1. The van der Waals surface area contributed by atoms with E-state index in [1.165, 1.54) is 0 Å². The quantitative estimate of drug-likeness (QED) is 0.826. The smallest absolute Gasteiger partial charge is 0.317 e. The number of nitrogens with one attached hydrogen (secondary N) is 1. The van der Waals surface area contributed by atoms with Gasteiger partial charge in [-0.25, -0.2) is 9.48 Å². The summed E-state index contributed by atoms with van der Waals surface area (Å²) in [6.07, 6.45) is 4.43. The number of nitrogens with zero attached hydrogens (tertiary/aromatic N) is 6. The highest BCUT2D eigenvalue weighted by Crippen LogP contribution is 2.19.